The predicted molar refractivity (Wildman–Crippen MR) is 129 cm³/mol. The Kier molecular flexibility index (Phi) is 6.50. The van der Waals surface area contributed by atoms with Crippen molar-refractivity contribution < 1.29 is 9.84 Å². The van der Waals surface area contributed by atoms with E-state index >= 15 is 0 Å². The molecule has 0 heterocycles. The molecule has 3 N–H and O–H groups in total. The van der Waals surface area contributed by atoms with Gasteiger partial charge in [-0.15, -0.1) is 0 Å². The predicted octanol–water partition coefficient (Wildman–Crippen LogP) is 5.26. The van der Waals surface area contributed by atoms with Crippen molar-refractivity contribution in [2.45, 2.75) is 46.5 Å². The summed E-state index contributed by atoms with van der Waals surface area (Å²) < 4.78 is 6.20. The molecule has 32 heavy (non-hydrogen) atoms. The second-order valence-corrected chi connectivity index (χ2v) is 10.7. The van der Waals surface area contributed by atoms with E-state index in [4.69, 9.17) is 10.5 Å². The summed E-state index contributed by atoms with van der Waals surface area (Å²) in [5.74, 6) is -0.180. The van der Waals surface area contributed by atoms with Crippen LogP contribution in [0.1, 0.15) is 52.0 Å². The fourth-order valence-corrected chi connectivity index (χ4v) is 5.64. The minimum absolute atomic E-state index is 0.00718. The van der Waals surface area contributed by atoms with Crippen molar-refractivity contribution in [1.29, 1.82) is 15.8 Å². The number of benzene rings is 1. The van der Waals surface area contributed by atoms with Crippen LogP contribution in [0, 0.1) is 60.2 Å². The van der Waals surface area contributed by atoms with E-state index in [1.165, 1.54) is 0 Å². The van der Waals surface area contributed by atoms with Crippen molar-refractivity contribution in [3.05, 3.63) is 44.2 Å². The van der Waals surface area contributed by atoms with E-state index in [2.05, 4.69) is 45.1 Å². The Morgan fingerprint density at radius 3 is 2.44 bits per heavy atom. The highest BCUT2D eigenvalue weighted by molar-refractivity contribution is 14.1. The van der Waals surface area contributed by atoms with Gasteiger partial charge in [-0.1, -0.05) is 26.8 Å². The van der Waals surface area contributed by atoms with Gasteiger partial charge in [0.15, 0.2) is 16.9 Å². The van der Waals surface area contributed by atoms with Gasteiger partial charge in [-0.3, -0.25) is 0 Å². The molecule has 0 bridgehead atoms. The second-order valence-electron chi connectivity index (χ2n) is 9.49. The fourth-order valence-electron chi connectivity index (χ4n) is 5.01. The molecule has 0 amide bonds. The highest BCUT2D eigenvalue weighted by atomic mass is 127. The number of fused-ring (bicyclic) bond motifs is 1. The molecular formula is C25H27IN4O2. The van der Waals surface area contributed by atoms with Gasteiger partial charge in [-0.2, -0.15) is 15.8 Å². The SMILES string of the molecule is CCOc1cc([C@@H]2[C@H]3C[C@@H](C(C)(C)C)CC=C3C(C#N)=C(N)C2(C#N)C#N)cc(I)c1O. The van der Waals surface area contributed by atoms with Crippen molar-refractivity contribution in [3.8, 4) is 29.7 Å². The van der Waals surface area contributed by atoms with Crippen molar-refractivity contribution in [2.75, 3.05) is 6.61 Å². The molecule has 1 aromatic carbocycles. The van der Waals surface area contributed by atoms with Crippen molar-refractivity contribution in [2.24, 2.45) is 28.4 Å². The molecule has 0 saturated carbocycles. The first-order chi connectivity index (χ1) is 15.0. The van der Waals surface area contributed by atoms with Gasteiger partial charge in [0.1, 0.15) is 6.07 Å². The summed E-state index contributed by atoms with van der Waals surface area (Å²) in [5.41, 5.74) is 6.50. The van der Waals surface area contributed by atoms with Crippen molar-refractivity contribution in [1.82, 2.24) is 0 Å². The zero-order valence-electron chi connectivity index (χ0n) is 18.7. The van der Waals surface area contributed by atoms with E-state index in [1.807, 2.05) is 29.5 Å². The van der Waals surface area contributed by atoms with E-state index in [1.54, 1.807) is 12.1 Å². The standard InChI is InChI=1S/C25H27IN4O2/c1-5-32-20-9-14(8-19(26)22(20)31)21-17-10-15(24(2,3)4)6-7-16(17)18(11-27)23(30)25(21,12-28)13-29/h7-9,15,17,21,31H,5-6,10,30H2,1-4H3/t15-,17-,21+/m0/s1. The molecule has 0 fully saturated rings. The van der Waals surface area contributed by atoms with Crippen LogP contribution in [0.5, 0.6) is 11.5 Å². The average molecular weight is 542 g/mol. The molecule has 6 nitrogen and oxygen atoms in total. The van der Waals surface area contributed by atoms with Gasteiger partial charge in [0.25, 0.3) is 0 Å². The van der Waals surface area contributed by atoms with Gasteiger partial charge < -0.3 is 15.6 Å². The summed E-state index contributed by atoms with van der Waals surface area (Å²) in [6, 6.07) is 10.0. The van der Waals surface area contributed by atoms with Crippen LogP contribution in [0.2, 0.25) is 0 Å². The number of phenols is 1. The lowest BCUT2D eigenvalue weighted by Gasteiger charge is -2.47. The number of hydrogen-bond acceptors (Lipinski definition) is 6. The molecule has 166 valence electrons. The third-order valence-corrected chi connectivity index (χ3v) is 7.63. The number of aromatic hydroxyl groups is 1. The quantitative estimate of drug-likeness (QED) is 0.502. The Balaban J connectivity index is 2.34. The summed E-state index contributed by atoms with van der Waals surface area (Å²) in [6.07, 6.45) is 3.60. The molecule has 0 unspecified atom stereocenters. The number of nitriles is 3. The molecule has 2 aliphatic rings. The van der Waals surface area contributed by atoms with E-state index in [-0.39, 0.29) is 28.4 Å². The smallest absolute Gasteiger partial charge is 0.191 e. The van der Waals surface area contributed by atoms with Crippen LogP contribution in [-0.2, 0) is 0 Å². The lowest BCUT2D eigenvalue weighted by molar-refractivity contribution is 0.170. The first-order valence-corrected chi connectivity index (χ1v) is 11.7. The summed E-state index contributed by atoms with van der Waals surface area (Å²) in [7, 11) is 0. The third-order valence-electron chi connectivity index (χ3n) is 6.81. The van der Waals surface area contributed by atoms with E-state index in [0.29, 0.717) is 27.4 Å². The van der Waals surface area contributed by atoms with Crippen molar-refractivity contribution >= 4 is 22.6 Å². The average Bonchev–Trinajstić information content (AvgIpc) is 2.75. The Morgan fingerprint density at radius 2 is 1.91 bits per heavy atom. The van der Waals surface area contributed by atoms with E-state index < -0.39 is 11.3 Å². The summed E-state index contributed by atoms with van der Waals surface area (Å²) in [5, 5.41) is 40.9. The van der Waals surface area contributed by atoms with Crippen LogP contribution in [0.15, 0.2) is 35.1 Å². The first-order valence-electron chi connectivity index (χ1n) is 10.6. The summed E-state index contributed by atoms with van der Waals surface area (Å²) >= 11 is 2.02. The lowest BCUT2D eigenvalue weighted by Crippen LogP contribution is -2.44. The van der Waals surface area contributed by atoms with Crippen LogP contribution in [0.3, 0.4) is 0 Å². The van der Waals surface area contributed by atoms with Crippen LogP contribution >= 0.6 is 22.6 Å². The van der Waals surface area contributed by atoms with Crippen molar-refractivity contribution in [3.63, 3.8) is 0 Å². The number of halogens is 1. The zero-order valence-corrected chi connectivity index (χ0v) is 20.9. The Bertz CT molecular complexity index is 1110. The number of nitrogens with two attached hydrogens (primary N) is 1. The molecule has 2 aliphatic carbocycles. The maximum absolute atomic E-state index is 10.5. The Morgan fingerprint density at radius 1 is 1.25 bits per heavy atom. The van der Waals surface area contributed by atoms with Crippen LogP contribution in [0.25, 0.3) is 0 Å². The van der Waals surface area contributed by atoms with Crippen LogP contribution in [-0.4, -0.2) is 11.7 Å². The highest BCUT2D eigenvalue weighted by Crippen LogP contribution is 2.58. The second kappa shape index (κ2) is 8.68. The molecule has 0 spiro atoms. The molecule has 0 aliphatic heterocycles. The number of rotatable bonds is 3. The molecule has 3 rings (SSSR count). The van der Waals surface area contributed by atoms with E-state index in [9.17, 15) is 20.9 Å². The highest BCUT2D eigenvalue weighted by Gasteiger charge is 2.55. The number of ether oxygens (including phenoxy) is 1. The summed E-state index contributed by atoms with van der Waals surface area (Å²) in [6.45, 7) is 8.73. The van der Waals surface area contributed by atoms with Gasteiger partial charge in [-0.25, -0.2) is 0 Å². The zero-order chi connectivity index (χ0) is 23.8. The maximum Gasteiger partial charge on any atom is 0.191 e. The van der Waals surface area contributed by atoms with Gasteiger partial charge in [-0.05, 0) is 82.9 Å². The monoisotopic (exact) mass is 542 g/mol. The van der Waals surface area contributed by atoms with Gasteiger partial charge >= 0.3 is 0 Å². The minimum Gasteiger partial charge on any atom is -0.504 e. The summed E-state index contributed by atoms with van der Waals surface area (Å²) in [4.78, 5) is 0. The number of allylic oxidation sites excluding steroid dienone is 4. The number of hydrogen-bond donors (Lipinski definition) is 2. The molecule has 0 saturated heterocycles. The largest absolute Gasteiger partial charge is 0.504 e. The number of nitrogens with zero attached hydrogens (tertiary/aromatic N) is 3. The third kappa shape index (κ3) is 3.71. The van der Waals surface area contributed by atoms with E-state index in [0.717, 1.165) is 18.4 Å². The minimum atomic E-state index is -1.70. The normalized spacial score (nSPS) is 24.4. The molecule has 0 radical (unpaired) electrons. The van der Waals surface area contributed by atoms with Gasteiger partial charge in [0.05, 0.1) is 33.6 Å². The molecule has 7 heteroatoms. The lowest BCUT2D eigenvalue weighted by atomic mass is 9.54. The molecule has 0 aromatic heterocycles. The van der Waals surface area contributed by atoms with Crippen LogP contribution in [0.4, 0.5) is 0 Å². The number of phenolic OH excluding ortho intramolecular Hbond substituents is 1. The molecular weight excluding hydrogens is 515 g/mol. The molecule has 1 aromatic rings. The first kappa shape index (κ1) is 24.0. The van der Waals surface area contributed by atoms with Crippen LogP contribution < -0.4 is 10.5 Å². The topological polar surface area (TPSA) is 127 Å². The maximum atomic E-state index is 10.5. The fraction of sp³-hybridized carbons (Fsp3) is 0.480. The van der Waals surface area contributed by atoms with Gasteiger partial charge in [0.2, 0.25) is 0 Å². The molecule has 3 atom stereocenters. The van der Waals surface area contributed by atoms with Gasteiger partial charge in [0, 0.05) is 5.92 Å². The Labute approximate surface area is 203 Å². The Hall–Kier alpha value is -2.70.